The van der Waals surface area contributed by atoms with Crippen molar-refractivity contribution < 1.29 is 0 Å². The molecule has 2 aliphatic heterocycles. The summed E-state index contributed by atoms with van der Waals surface area (Å²) in [5.74, 6) is 0. The van der Waals surface area contributed by atoms with Crippen molar-refractivity contribution in [1.29, 1.82) is 0 Å². The second kappa shape index (κ2) is 4.89. The normalized spacial score (nSPS) is 32.6. The Morgan fingerprint density at radius 2 is 2.00 bits per heavy atom. The van der Waals surface area contributed by atoms with Gasteiger partial charge in [0.25, 0.3) is 0 Å². The molecular formula is C14H16S2. The van der Waals surface area contributed by atoms with Crippen LogP contribution >= 0.6 is 23.5 Å². The quantitative estimate of drug-likeness (QED) is 0.713. The summed E-state index contributed by atoms with van der Waals surface area (Å²) in [6, 6.07) is 10.9. The minimum absolute atomic E-state index is 0.811. The van der Waals surface area contributed by atoms with Gasteiger partial charge in [0, 0.05) is 20.6 Å². The number of rotatable bonds is 2. The van der Waals surface area contributed by atoms with Crippen molar-refractivity contribution in [2.45, 2.75) is 39.9 Å². The van der Waals surface area contributed by atoms with Crippen molar-refractivity contribution in [3.63, 3.8) is 0 Å². The lowest BCUT2D eigenvalue weighted by molar-refractivity contribution is 0.639. The zero-order chi connectivity index (χ0) is 10.8. The molecule has 0 aromatic heterocycles. The van der Waals surface area contributed by atoms with Crippen LogP contribution in [0.5, 0.6) is 0 Å². The lowest BCUT2D eigenvalue weighted by atomic mass is 10.0. The molecule has 3 unspecified atom stereocenters. The molecule has 2 bridgehead atoms. The summed E-state index contributed by atoms with van der Waals surface area (Å²) < 4.78 is 0. The summed E-state index contributed by atoms with van der Waals surface area (Å²) in [6.45, 7) is 0. The van der Waals surface area contributed by atoms with E-state index in [1.165, 1.54) is 24.2 Å². The van der Waals surface area contributed by atoms with Crippen LogP contribution in [0.25, 0.3) is 0 Å². The summed E-state index contributed by atoms with van der Waals surface area (Å²) in [4.78, 5) is 1.43. The number of benzene rings is 1. The Hall–Kier alpha value is -0.340. The van der Waals surface area contributed by atoms with Gasteiger partial charge in [-0.3, -0.25) is 0 Å². The van der Waals surface area contributed by atoms with Gasteiger partial charge < -0.3 is 0 Å². The highest BCUT2D eigenvalue weighted by Gasteiger charge is 2.31. The average molecular weight is 248 g/mol. The van der Waals surface area contributed by atoms with Crippen LogP contribution < -0.4 is 0 Å². The van der Waals surface area contributed by atoms with Gasteiger partial charge in [-0.25, -0.2) is 0 Å². The lowest BCUT2D eigenvalue weighted by Gasteiger charge is -2.36. The van der Waals surface area contributed by atoms with Crippen LogP contribution in [0.15, 0.2) is 47.4 Å². The predicted octanol–water partition coefficient (Wildman–Crippen LogP) is 4.37. The van der Waals surface area contributed by atoms with E-state index in [-0.39, 0.29) is 0 Å². The van der Waals surface area contributed by atoms with Crippen LogP contribution in [-0.2, 0) is 0 Å². The van der Waals surface area contributed by atoms with Gasteiger partial charge in [0.15, 0.2) is 0 Å². The average Bonchev–Trinajstić information content (AvgIpc) is 2.35. The Balaban J connectivity index is 1.70. The summed E-state index contributed by atoms with van der Waals surface area (Å²) in [5.41, 5.74) is 0. The number of fused-ring (bicyclic) bond motifs is 2. The summed E-state index contributed by atoms with van der Waals surface area (Å²) in [7, 11) is 0. The van der Waals surface area contributed by atoms with Crippen molar-refractivity contribution in [3.8, 4) is 0 Å². The van der Waals surface area contributed by atoms with Crippen molar-refractivity contribution >= 4 is 23.5 Å². The van der Waals surface area contributed by atoms with Gasteiger partial charge in [0.2, 0.25) is 0 Å². The standard InChI is InChI=1S/C14H16S2/c1-2-5-11(6-3-1)15-14-10-9-12-7-4-8-13(14)16-12/h1-7,12-14H,8-10H2. The molecule has 3 atom stereocenters. The van der Waals surface area contributed by atoms with E-state index in [4.69, 9.17) is 0 Å². The Bertz CT molecular complexity index is 372. The van der Waals surface area contributed by atoms with Gasteiger partial charge in [-0.15, -0.1) is 23.5 Å². The second-order valence-electron chi connectivity index (χ2n) is 4.42. The van der Waals surface area contributed by atoms with Crippen LogP contribution in [0, 0.1) is 0 Å². The van der Waals surface area contributed by atoms with E-state index in [2.05, 4.69) is 66.0 Å². The molecule has 2 aliphatic rings. The Kier molecular flexibility index (Phi) is 3.30. The zero-order valence-electron chi connectivity index (χ0n) is 9.21. The first-order chi connectivity index (χ1) is 7.92. The molecule has 2 heterocycles. The topological polar surface area (TPSA) is 0 Å². The monoisotopic (exact) mass is 248 g/mol. The van der Waals surface area contributed by atoms with Crippen molar-refractivity contribution in [2.75, 3.05) is 0 Å². The lowest BCUT2D eigenvalue weighted by Crippen LogP contribution is -2.30. The van der Waals surface area contributed by atoms with E-state index in [9.17, 15) is 0 Å². The van der Waals surface area contributed by atoms with Gasteiger partial charge in [-0.1, -0.05) is 30.4 Å². The molecule has 0 aliphatic carbocycles. The fourth-order valence-electron chi connectivity index (χ4n) is 2.42. The van der Waals surface area contributed by atoms with E-state index in [0.717, 1.165) is 15.7 Å². The first kappa shape index (κ1) is 10.8. The van der Waals surface area contributed by atoms with Crippen LogP contribution in [0.2, 0.25) is 0 Å². The van der Waals surface area contributed by atoms with Crippen molar-refractivity contribution in [3.05, 3.63) is 42.5 Å². The van der Waals surface area contributed by atoms with Crippen molar-refractivity contribution in [2.24, 2.45) is 0 Å². The van der Waals surface area contributed by atoms with E-state index in [1.807, 2.05) is 0 Å². The first-order valence-electron chi connectivity index (χ1n) is 5.95. The van der Waals surface area contributed by atoms with E-state index in [1.54, 1.807) is 0 Å². The third-order valence-corrected chi connectivity index (χ3v) is 6.45. The highest BCUT2D eigenvalue weighted by atomic mass is 32.2. The number of hydrogen-bond donors (Lipinski definition) is 0. The molecule has 0 spiro atoms. The predicted molar refractivity (Wildman–Crippen MR) is 74.2 cm³/mol. The van der Waals surface area contributed by atoms with Crippen LogP contribution in [-0.4, -0.2) is 15.7 Å². The minimum atomic E-state index is 0.811. The molecule has 0 amide bonds. The highest BCUT2D eigenvalue weighted by Crippen LogP contribution is 2.44. The highest BCUT2D eigenvalue weighted by molar-refractivity contribution is 8.04. The molecule has 1 aromatic carbocycles. The van der Waals surface area contributed by atoms with Gasteiger partial charge >= 0.3 is 0 Å². The molecule has 3 rings (SSSR count). The molecule has 0 saturated carbocycles. The van der Waals surface area contributed by atoms with Crippen LogP contribution in [0.1, 0.15) is 19.3 Å². The van der Waals surface area contributed by atoms with Gasteiger partial charge in [-0.05, 0) is 31.4 Å². The first-order valence-corrected chi connectivity index (χ1v) is 7.78. The van der Waals surface area contributed by atoms with Crippen molar-refractivity contribution in [1.82, 2.24) is 0 Å². The Morgan fingerprint density at radius 3 is 2.88 bits per heavy atom. The molecule has 1 fully saturated rings. The van der Waals surface area contributed by atoms with E-state index >= 15 is 0 Å². The van der Waals surface area contributed by atoms with E-state index in [0.29, 0.717) is 0 Å². The molecule has 0 nitrogen and oxygen atoms in total. The SMILES string of the molecule is C1=CC2CCC(Sc3ccccc3)C(C1)S2. The van der Waals surface area contributed by atoms with Crippen LogP contribution in [0.3, 0.4) is 0 Å². The zero-order valence-corrected chi connectivity index (χ0v) is 10.8. The number of thioether (sulfide) groups is 2. The maximum atomic E-state index is 2.41. The summed E-state index contributed by atoms with van der Waals surface area (Å²) >= 11 is 4.27. The Labute approximate surface area is 106 Å². The maximum absolute atomic E-state index is 2.41. The fourth-order valence-corrected chi connectivity index (χ4v) is 5.41. The molecule has 84 valence electrons. The number of allylic oxidation sites excluding steroid dienone is 1. The third kappa shape index (κ3) is 2.33. The fraction of sp³-hybridized carbons (Fsp3) is 0.429. The molecule has 0 N–H and O–H groups in total. The van der Waals surface area contributed by atoms with Crippen LogP contribution in [0.4, 0.5) is 0 Å². The molecule has 16 heavy (non-hydrogen) atoms. The molecule has 1 saturated heterocycles. The molecule has 2 heteroatoms. The third-order valence-electron chi connectivity index (χ3n) is 3.25. The maximum Gasteiger partial charge on any atom is 0.0230 e. The van der Waals surface area contributed by atoms with Gasteiger partial charge in [-0.2, -0.15) is 0 Å². The molecule has 0 radical (unpaired) electrons. The van der Waals surface area contributed by atoms with E-state index < -0.39 is 0 Å². The second-order valence-corrected chi connectivity index (χ2v) is 7.22. The smallest absolute Gasteiger partial charge is 0.0230 e. The molecular weight excluding hydrogens is 232 g/mol. The largest absolute Gasteiger partial charge is 0.150 e. The van der Waals surface area contributed by atoms with Gasteiger partial charge in [0.1, 0.15) is 0 Å². The minimum Gasteiger partial charge on any atom is -0.150 e. The summed E-state index contributed by atoms with van der Waals surface area (Å²) in [5, 5.41) is 2.47. The number of hydrogen-bond acceptors (Lipinski definition) is 2. The Morgan fingerprint density at radius 1 is 1.12 bits per heavy atom. The molecule has 1 aromatic rings. The van der Waals surface area contributed by atoms with Gasteiger partial charge in [0.05, 0.1) is 0 Å². The summed E-state index contributed by atoms with van der Waals surface area (Å²) in [6.07, 6.45) is 8.81.